The molecule has 0 amide bonds. The molecule has 0 fully saturated rings. The molecule has 4 nitrogen and oxygen atoms in total. The summed E-state index contributed by atoms with van der Waals surface area (Å²) in [5.41, 5.74) is 0. The normalized spacial score (nSPS) is 11.9. The van der Waals surface area contributed by atoms with Gasteiger partial charge in [-0.1, -0.05) is 135 Å². The van der Waals surface area contributed by atoms with Gasteiger partial charge in [-0.2, -0.15) is 5.26 Å². The molecule has 0 aromatic carbocycles. The predicted octanol–water partition coefficient (Wildman–Crippen LogP) is 11.3. The minimum Gasteiger partial charge on any atom is -0.306 e. The van der Waals surface area contributed by atoms with E-state index in [1.165, 1.54) is 103 Å². The minimum absolute atomic E-state index is 0.494. The van der Waals surface area contributed by atoms with E-state index in [1.807, 2.05) is 6.08 Å². The molecule has 0 saturated heterocycles. The molecule has 0 N–H and O–H groups in total. The van der Waals surface area contributed by atoms with Gasteiger partial charge in [0.15, 0.2) is 0 Å². The van der Waals surface area contributed by atoms with E-state index in [-0.39, 0.29) is 0 Å². The molecule has 0 aliphatic heterocycles. The third-order valence-corrected chi connectivity index (χ3v) is 8.15. The van der Waals surface area contributed by atoms with Crippen molar-refractivity contribution in [1.29, 1.82) is 5.26 Å². The third-order valence-electron chi connectivity index (χ3n) is 6.49. The summed E-state index contributed by atoms with van der Waals surface area (Å²) in [6.07, 6.45) is 29.3. The van der Waals surface area contributed by atoms with Crippen molar-refractivity contribution in [3.8, 4) is 6.07 Å². The number of unbranched alkanes of at least 4 members (excludes halogenated alkanes) is 20. The first kappa shape index (κ1) is 34.4. The SMILES string of the molecule is CCCCCCCCCCCCOP(=O)(/C=C/CCCC#N)OCCCCCCCCCCCC. The van der Waals surface area contributed by atoms with Crippen LogP contribution in [0.1, 0.15) is 162 Å². The average Bonchev–Trinajstić information content (AvgIpc) is 2.86. The highest BCUT2D eigenvalue weighted by molar-refractivity contribution is 7.57. The van der Waals surface area contributed by atoms with Crippen LogP contribution in [-0.2, 0) is 13.6 Å². The van der Waals surface area contributed by atoms with E-state index in [4.69, 9.17) is 14.3 Å². The standard InChI is InChI=1S/C30H58NO3P/c1-3-5-7-9-11-13-15-17-20-24-28-33-35(32,30-26-22-19-23-27-31)34-29-25-21-18-16-14-12-10-8-6-4-2/h26,30H,3-25,28-29H2,1-2H3/b30-26+. The monoisotopic (exact) mass is 511 g/mol. The van der Waals surface area contributed by atoms with Gasteiger partial charge in [0.25, 0.3) is 0 Å². The van der Waals surface area contributed by atoms with E-state index < -0.39 is 7.60 Å². The van der Waals surface area contributed by atoms with Gasteiger partial charge in [0.2, 0.25) is 0 Å². The smallest absolute Gasteiger partial charge is 0.306 e. The first-order chi connectivity index (χ1) is 17.2. The Morgan fingerprint density at radius 1 is 0.600 bits per heavy atom. The van der Waals surface area contributed by atoms with Crippen molar-refractivity contribution in [1.82, 2.24) is 0 Å². The van der Waals surface area contributed by atoms with E-state index in [2.05, 4.69) is 19.9 Å². The Bertz CT molecular complexity index is 514. The highest BCUT2D eigenvalue weighted by Crippen LogP contribution is 2.50. The van der Waals surface area contributed by atoms with E-state index in [9.17, 15) is 4.57 Å². The van der Waals surface area contributed by atoms with Crippen LogP contribution in [-0.4, -0.2) is 13.2 Å². The van der Waals surface area contributed by atoms with E-state index in [1.54, 1.807) is 5.82 Å². The van der Waals surface area contributed by atoms with Gasteiger partial charge in [0.1, 0.15) is 0 Å². The molecule has 0 aliphatic carbocycles. The summed E-state index contributed by atoms with van der Waals surface area (Å²) in [6, 6.07) is 2.15. The second-order valence-electron chi connectivity index (χ2n) is 10.0. The molecule has 5 heteroatoms. The highest BCUT2D eigenvalue weighted by Gasteiger charge is 2.20. The summed E-state index contributed by atoms with van der Waals surface area (Å²) in [5, 5.41) is 8.69. The number of allylic oxidation sites excluding steroid dienone is 1. The second-order valence-corrected chi connectivity index (χ2v) is 11.9. The van der Waals surface area contributed by atoms with Gasteiger partial charge in [-0.15, -0.1) is 0 Å². The molecule has 0 saturated carbocycles. The van der Waals surface area contributed by atoms with Gasteiger partial charge in [-0.05, 0) is 25.7 Å². The summed E-state index contributed by atoms with van der Waals surface area (Å²) in [7, 11) is -3.19. The molecule has 0 atom stereocenters. The van der Waals surface area contributed by atoms with Crippen molar-refractivity contribution in [3.63, 3.8) is 0 Å². The number of rotatable bonds is 28. The number of nitrogens with zero attached hydrogens (tertiary/aromatic N) is 1. The molecule has 0 spiro atoms. The Morgan fingerprint density at radius 2 is 0.971 bits per heavy atom. The third kappa shape index (κ3) is 26.3. The first-order valence-corrected chi connectivity index (χ1v) is 16.7. The number of hydrogen-bond donors (Lipinski definition) is 0. The minimum atomic E-state index is -3.19. The van der Waals surface area contributed by atoms with E-state index in [0.29, 0.717) is 19.6 Å². The van der Waals surface area contributed by atoms with Gasteiger partial charge in [-0.3, -0.25) is 4.57 Å². The van der Waals surface area contributed by atoms with Crippen molar-refractivity contribution >= 4 is 7.60 Å². The van der Waals surface area contributed by atoms with Crippen molar-refractivity contribution < 1.29 is 13.6 Å². The van der Waals surface area contributed by atoms with Crippen LogP contribution in [0.4, 0.5) is 0 Å². The number of nitriles is 1. The molecule has 0 bridgehead atoms. The molecule has 0 aliphatic rings. The molecule has 0 unspecified atom stereocenters. The summed E-state index contributed by atoms with van der Waals surface area (Å²) < 4.78 is 24.7. The molecular formula is C30H58NO3P. The lowest BCUT2D eigenvalue weighted by atomic mass is 10.1. The molecule has 0 heterocycles. The molecule has 0 rings (SSSR count). The van der Waals surface area contributed by atoms with Crippen LogP contribution in [0.3, 0.4) is 0 Å². The lowest BCUT2D eigenvalue weighted by molar-refractivity contribution is 0.205. The first-order valence-electron chi connectivity index (χ1n) is 15.1. The fourth-order valence-corrected chi connectivity index (χ4v) is 5.61. The summed E-state index contributed by atoms with van der Waals surface area (Å²) >= 11 is 0. The van der Waals surface area contributed by atoms with Gasteiger partial charge < -0.3 is 9.05 Å². The Kier molecular flexibility index (Phi) is 27.5. The molecular weight excluding hydrogens is 453 g/mol. The number of hydrogen-bond acceptors (Lipinski definition) is 4. The van der Waals surface area contributed by atoms with Gasteiger partial charge in [0.05, 0.1) is 19.3 Å². The quantitative estimate of drug-likeness (QED) is 0.0774. The molecule has 0 aromatic heterocycles. The zero-order valence-corrected chi connectivity index (χ0v) is 24.3. The van der Waals surface area contributed by atoms with Crippen LogP contribution in [0.2, 0.25) is 0 Å². The van der Waals surface area contributed by atoms with Crippen molar-refractivity contribution in [2.24, 2.45) is 0 Å². The van der Waals surface area contributed by atoms with E-state index >= 15 is 0 Å². The summed E-state index contributed by atoms with van der Waals surface area (Å²) in [4.78, 5) is 0. The Balaban J connectivity index is 4.01. The van der Waals surface area contributed by atoms with Crippen molar-refractivity contribution in [3.05, 3.63) is 11.9 Å². The van der Waals surface area contributed by atoms with Crippen LogP contribution >= 0.6 is 7.60 Å². The summed E-state index contributed by atoms with van der Waals surface area (Å²) in [5.74, 6) is 1.64. The topological polar surface area (TPSA) is 59.3 Å². The Labute approximate surface area is 219 Å². The van der Waals surface area contributed by atoms with Crippen LogP contribution in [0.15, 0.2) is 11.9 Å². The molecule has 0 radical (unpaired) electrons. The largest absolute Gasteiger partial charge is 0.353 e. The van der Waals surface area contributed by atoms with Crippen LogP contribution < -0.4 is 0 Å². The fraction of sp³-hybridized carbons (Fsp3) is 0.900. The summed E-state index contributed by atoms with van der Waals surface area (Å²) in [6.45, 7) is 5.51. The zero-order valence-electron chi connectivity index (χ0n) is 23.5. The molecule has 0 aromatic rings. The fourth-order valence-electron chi connectivity index (χ4n) is 4.19. The lowest BCUT2D eigenvalue weighted by Gasteiger charge is -2.15. The van der Waals surface area contributed by atoms with Gasteiger partial charge >= 0.3 is 7.60 Å². The maximum absolute atomic E-state index is 13.2. The predicted molar refractivity (Wildman–Crippen MR) is 152 cm³/mol. The molecule has 35 heavy (non-hydrogen) atoms. The van der Waals surface area contributed by atoms with Crippen LogP contribution in [0.5, 0.6) is 0 Å². The maximum atomic E-state index is 13.2. The van der Waals surface area contributed by atoms with E-state index in [0.717, 1.165) is 38.5 Å². The van der Waals surface area contributed by atoms with Gasteiger partial charge in [0, 0.05) is 12.2 Å². The maximum Gasteiger partial charge on any atom is 0.353 e. The van der Waals surface area contributed by atoms with Crippen molar-refractivity contribution in [2.75, 3.05) is 13.2 Å². The Hall–Kier alpha value is -0.620. The zero-order chi connectivity index (χ0) is 25.7. The highest BCUT2D eigenvalue weighted by atomic mass is 31.2. The second kappa shape index (κ2) is 28.0. The van der Waals surface area contributed by atoms with Crippen LogP contribution in [0, 0.1) is 11.3 Å². The lowest BCUT2D eigenvalue weighted by Crippen LogP contribution is -1.98. The van der Waals surface area contributed by atoms with Crippen LogP contribution in [0.25, 0.3) is 0 Å². The van der Waals surface area contributed by atoms with Gasteiger partial charge in [-0.25, -0.2) is 0 Å². The average molecular weight is 512 g/mol. The Morgan fingerprint density at radius 3 is 1.34 bits per heavy atom. The molecule has 206 valence electrons. The van der Waals surface area contributed by atoms with Crippen molar-refractivity contribution in [2.45, 2.75) is 162 Å².